The Morgan fingerprint density at radius 2 is 2.50 bits per heavy atom. The minimum absolute atomic E-state index is 0.0547. The molecule has 1 heterocycles. The van der Waals surface area contributed by atoms with Crippen molar-refractivity contribution in [1.29, 1.82) is 0 Å². The highest BCUT2D eigenvalue weighted by molar-refractivity contribution is 6.22. The summed E-state index contributed by atoms with van der Waals surface area (Å²) in [5.74, 6) is 0.210. The highest BCUT2D eigenvalue weighted by atomic mass is 35.5. The summed E-state index contributed by atoms with van der Waals surface area (Å²) >= 11 is 5.78. The average Bonchev–Trinajstić information content (AvgIpc) is 2.13. The third kappa shape index (κ3) is 1.63. The molecule has 0 aliphatic carbocycles. The number of halogens is 1. The van der Waals surface area contributed by atoms with Gasteiger partial charge in [0.2, 0.25) is 5.91 Å². The monoisotopic (exact) mass is 161 g/mol. The highest BCUT2D eigenvalue weighted by Gasteiger charge is 2.26. The van der Waals surface area contributed by atoms with Crippen molar-refractivity contribution >= 4 is 17.5 Å². The molecule has 0 aromatic carbocycles. The molecule has 0 radical (unpaired) electrons. The molecule has 0 spiro atoms. The molecular formula is C7H12ClNO. The Balaban J connectivity index is 2.39. The summed E-state index contributed by atoms with van der Waals surface area (Å²) in [6.45, 7) is 3.67. The number of carbonyl (C=O) groups is 1. The van der Waals surface area contributed by atoms with Crippen LogP contribution in [0.2, 0.25) is 0 Å². The van der Waals surface area contributed by atoms with E-state index in [1.165, 1.54) is 0 Å². The van der Waals surface area contributed by atoms with Crippen LogP contribution in [-0.2, 0) is 4.79 Å². The largest absolute Gasteiger partial charge is 0.341 e. The molecule has 0 aromatic heterocycles. The van der Waals surface area contributed by atoms with E-state index in [0.29, 0.717) is 6.42 Å². The first-order valence-electron chi connectivity index (χ1n) is 3.66. The van der Waals surface area contributed by atoms with Crippen LogP contribution in [0.4, 0.5) is 0 Å². The van der Waals surface area contributed by atoms with Crippen LogP contribution in [0.3, 0.4) is 0 Å². The van der Waals surface area contributed by atoms with Crippen LogP contribution < -0.4 is 0 Å². The molecule has 1 fully saturated rings. The Kier molecular flexibility index (Phi) is 2.55. The maximum absolute atomic E-state index is 11.0. The summed E-state index contributed by atoms with van der Waals surface area (Å²) in [6, 6.07) is 0. The lowest BCUT2D eigenvalue weighted by Gasteiger charge is -2.13. The molecular weight excluding hydrogens is 150 g/mol. The van der Waals surface area contributed by atoms with Gasteiger partial charge in [-0.05, 0) is 6.42 Å². The molecule has 1 rings (SSSR count). The fraction of sp³-hybridized carbons (Fsp3) is 0.857. The van der Waals surface area contributed by atoms with Crippen LogP contribution in [0, 0.1) is 0 Å². The van der Waals surface area contributed by atoms with Crippen molar-refractivity contribution in [2.45, 2.75) is 25.1 Å². The average molecular weight is 162 g/mol. The van der Waals surface area contributed by atoms with Gasteiger partial charge in [-0.25, -0.2) is 0 Å². The summed E-state index contributed by atoms with van der Waals surface area (Å²) in [7, 11) is 0. The number of likely N-dealkylation sites (tertiary alicyclic amines) is 1. The van der Waals surface area contributed by atoms with Gasteiger partial charge in [0.25, 0.3) is 0 Å². The van der Waals surface area contributed by atoms with Crippen molar-refractivity contribution in [3.8, 4) is 0 Å². The smallest absolute Gasteiger partial charge is 0.224 e. The lowest BCUT2D eigenvalue weighted by molar-refractivity contribution is -0.127. The van der Waals surface area contributed by atoms with Gasteiger partial charge in [-0.15, -0.1) is 11.6 Å². The van der Waals surface area contributed by atoms with Gasteiger partial charge >= 0.3 is 0 Å². The third-order valence-corrected chi connectivity index (χ3v) is 1.95. The Morgan fingerprint density at radius 3 is 2.90 bits per heavy atom. The van der Waals surface area contributed by atoms with Gasteiger partial charge in [0.05, 0.1) is 5.38 Å². The van der Waals surface area contributed by atoms with Crippen molar-refractivity contribution in [2.75, 3.05) is 13.1 Å². The summed E-state index contributed by atoms with van der Waals surface area (Å²) < 4.78 is 0. The molecule has 2 nitrogen and oxygen atoms in total. The van der Waals surface area contributed by atoms with E-state index < -0.39 is 0 Å². The van der Waals surface area contributed by atoms with Gasteiger partial charge in [0.15, 0.2) is 0 Å². The Morgan fingerprint density at radius 1 is 1.80 bits per heavy atom. The van der Waals surface area contributed by atoms with Crippen LogP contribution in [0.25, 0.3) is 0 Å². The van der Waals surface area contributed by atoms with Crippen LogP contribution >= 0.6 is 11.6 Å². The van der Waals surface area contributed by atoms with E-state index in [2.05, 4.69) is 6.92 Å². The van der Waals surface area contributed by atoms with Crippen LogP contribution in [0.5, 0.6) is 0 Å². The lowest BCUT2D eigenvalue weighted by atomic mass is 10.4. The van der Waals surface area contributed by atoms with Crippen molar-refractivity contribution in [1.82, 2.24) is 4.90 Å². The molecule has 3 heteroatoms. The van der Waals surface area contributed by atoms with Gasteiger partial charge in [-0.3, -0.25) is 4.79 Å². The molecule has 1 unspecified atom stereocenters. The van der Waals surface area contributed by atoms with E-state index in [-0.39, 0.29) is 11.3 Å². The van der Waals surface area contributed by atoms with Gasteiger partial charge in [-0.1, -0.05) is 6.92 Å². The summed E-state index contributed by atoms with van der Waals surface area (Å²) in [5.41, 5.74) is 0. The van der Waals surface area contributed by atoms with Crippen LogP contribution in [-0.4, -0.2) is 29.3 Å². The maximum Gasteiger partial charge on any atom is 0.224 e. The second-order valence-electron chi connectivity index (χ2n) is 2.64. The molecule has 10 heavy (non-hydrogen) atoms. The first-order valence-corrected chi connectivity index (χ1v) is 4.09. The van der Waals surface area contributed by atoms with E-state index in [1.54, 1.807) is 0 Å². The molecule has 1 saturated heterocycles. The van der Waals surface area contributed by atoms with Crippen molar-refractivity contribution in [3.63, 3.8) is 0 Å². The number of alkyl halides is 1. The SMILES string of the molecule is CCCN1CC(Cl)CC1=O. The van der Waals surface area contributed by atoms with Gasteiger partial charge in [-0.2, -0.15) is 0 Å². The van der Waals surface area contributed by atoms with Crippen LogP contribution in [0.1, 0.15) is 19.8 Å². The second kappa shape index (κ2) is 3.24. The molecule has 1 aliphatic heterocycles. The molecule has 1 atom stereocenters. The second-order valence-corrected chi connectivity index (χ2v) is 3.26. The zero-order valence-corrected chi connectivity index (χ0v) is 6.90. The molecule has 1 aliphatic rings. The van der Waals surface area contributed by atoms with Gasteiger partial charge < -0.3 is 4.90 Å². The number of hydrogen-bond donors (Lipinski definition) is 0. The van der Waals surface area contributed by atoms with E-state index in [1.807, 2.05) is 4.90 Å². The predicted molar refractivity (Wildman–Crippen MR) is 41.1 cm³/mol. The zero-order chi connectivity index (χ0) is 7.56. The lowest BCUT2D eigenvalue weighted by Crippen LogP contribution is -2.25. The normalized spacial score (nSPS) is 26.0. The van der Waals surface area contributed by atoms with Crippen molar-refractivity contribution in [3.05, 3.63) is 0 Å². The number of nitrogens with zero attached hydrogens (tertiary/aromatic N) is 1. The molecule has 1 amide bonds. The molecule has 0 N–H and O–H groups in total. The number of hydrogen-bond acceptors (Lipinski definition) is 1. The van der Waals surface area contributed by atoms with Crippen molar-refractivity contribution in [2.24, 2.45) is 0 Å². The Bertz CT molecular complexity index is 138. The molecule has 0 aromatic rings. The maximum atomic E-state index is 11.0. The van der Waals surface area contributed by atoms with E-state index in [0.717, 1.165) is 19.5 Å². The third-order valence-electron chi connectivity index (χ3n) is 1.66. The minimum atomic E-state index is 0.0547. The summed E-state index contributed by atoms with van der Waals surface area (Å²) in [5, 5.41) is 0.0547. The van der Waals surface area contributed by atoms with E-state index in [9.17, 15) is 4.79 Å². The standard InChI is InChI=1S/C7H12ClNO/c1-2-3-9-5-6(8)4-7(9)10/h6H,2-5H2,1H3. The zero-order valence-electron chi connectivity index (χ0n) is 6.14. The Hall–Kier alpha value is -0.240. The fourth-order valence-corrected chi connectivity index (χ4v) is 1.51. The Labute approximate surface area is 66.1 Å². The van der Waals surface area contributed by atoms with Gasteiger partial charge in [0, 0.05) is 19.5 Å². The minimum Gasteiger partial charge on any atom is -0.341 e. The summed E-state index contributed by atoms with van der Waals surface area (Å²) in [6.07, 6.45) is 1.55. The van der Waals surface area contributed by atoms with Crippen LogP contribution in [0.15, 0.2) is 0 Å². The number of amides is 1. The number of rotatable bonds is 2. The van der Waals surface area contributed by atoms with Crippen molar-refractivity contribution < 1.29 is 4.79 Å². The molecule has 58 valence electrons. The van der Waals surface area contributed by atoms with E-state index >= 15 is 0 Å². The molecule has 0 saturated carbocycles. The summed E-state index contributed by atoms with van der Waals surface area (Å²) in [4.78, 5) is 12.8. The predicted octanol–water partition coefficient (Wildman–Crippen LogP) is 1.24. The topological polar surface area (TPSA) is 20.3 Å². The molecule has 0 bridgehead atoms. The van der Waals surface area contributed by atoms with Gasteiger partial charge in [0.1, 0.15) is 0 Å². The number of carbonyl (C=O) groups excluding carboxylic acids is 1. The first-order chi connectivity index (χ1) is 4.74. The quantitative estimate of drug-likeness (QED) is 0.558. The fourth-order valence-electron chi connectivity index (χ4n) is 1.21. The first kappa shape index (κ1) is 7.86. The van der Waals surface area contributed by atoms with E-state index in [4.69, 9.17) is 11.6 Å². The highest BCUT2D eigenvalue weighted by Crippen LogP contribution is 2.15.